The number of carbonyl (C=O) groups is 1. The van der Waals surface area contributed by atoms with Gasteiger partial charge in [-0.15, -0.1) is 11.3 Å². The van der Waals surface area contributed by atoms with E-state index in [9.17, 15) is 31.7 Å². The van der Waals surface area contributed by atoms with Crippen LogP contribution in [0.4, 0.5) is 22.7 Å². The number of halogens is 4. The molecule has 13 heteroatoms. The predicted molar refractivity (Wildman–Crippen MR) is 166 cm³/mol. The lowest BCUT2D eigenvalue weighted by molar-refractivity contribution is 0.0691. The molecule has 0 spiro atoms. The number of nitrogens with zero attached hydrogens (tertiary/aromatic N) is 2. The summed E-state index contributed by atoms with van der Waals surface area (Å²) in [6.07, 6.45) is 2.12. The van der Waals surface area contributed by atoms with Gasteiger partial charge in [0.05, 0.1) is 4.90 Å². The highest BCUT2D eigenvalue weighted by molar-refractivity contribution is 7.82. The van der Waals surface area contributed by atoms with Crippen molar-refractivity contribution in [2.75, 3.05) is 0 Å². The Morgan fingerprint density at radius 2 is 1.60 bits per heavy atom. The quantitative estimate of drug-likeness (QED) is 0.124. The van der Waals surface area contributed by atoms with E-state index < -0.39 is 40.2 Å². The van der Waals surface area contributed by atoms with Crippen molar-refractivity contribution >= 4 is 44.8 Å². The van der Waals surface area contributed by atoms with Crippen LogP contribution in [0, 0.1) is 29.2 Å². The van der Waals surface area contributed by atoms with E-state index in [2.05, 4.69) is 9.98 Å². The van der Waals surface area contributed by atoms with Gasteiger partial charge in [-0.3, -0.25) is 0 Å². The number of hydrogen-bond acceptors (Lipinski definition) is 6. The van der Waals surface area contributed by atoms with E-state index in [1.807, 2.05) is 41.5 Å². The highest BCUT2D eigenvalue weighted by Crippen LogP contribution is 2.36. The first-order chi connectivity index (χ1) is 20.5. The average Bonchev–Trinajstić information content (AvgIpc) is 3.69. The molecule has 0 amide bonds. The van der Waals surface area contributed by atoms with E-state index in [0.29, 0.717) is 17.7 Å². The number of aliphatic imine (C=N–C) groups is 1. The van der Waals surface area contributed by atoms with Crippen molar-refractivity contribution < 1.29 is 31.7 Å². The lowest BCUT2D eigenvalue weighted by atomic mass is 9.93. The molecule has 1 aromatic heterocycles. The summed E-state index contributed by atoms with van der Waals surface area (Å²) in [5, 5.41) is 15.9. The summed E-state index contributed by atoms with van der Waals surface area (Å²) in [6, 6.07) is 5.33. The van der Waals surface area contributed by atoms with Crippen molar-refractivity contribution in [3.8, 4) is 0 Å². The molecular formula is C30H38F4N4O3S2. The van der Waals surface area contributed by atoms with E-state index in [0.717, 1.165) is 42.4 Å². The Kier molecular flexibility index (Phi) is 16.0. The first-order valence-electron chi connectivity index (χ1n) is 13.9. The van der Waals surface area contributed by atoms with E-state index in [4.69, 9.17) is 10.9 Å². The summed E-state index contributed by atoms with van der Waals surface area (Å²) in [6.45, 7) is 12.0. The predicted octanol–water partition coefficient (Wildman–Crippen LogP) is 7.94. The molecule has 1 fully saturated rings. The molecule has 43 heavy (non-hydrogen) atoms. The third-order valence-corrected chi connectivity index (χ3v) is 7.18. The molecule has 5 N–H and O–H groups in total. The van der Waals surface area contributed by atoms with Crippen LogP contribution in [0.5, 0.6) is 0 Å². The van der Waals surface area contributed by atoms with Crippen LogP contribution in [-0.4, -0.2) is 26.0 Å². The van der Waals surface area contributed by atoms with E-state index >= 15 is 0 Å². The molecule has 0 saturated heterocycles. The Balaban J connectivity index is 0.00000145. The number of carboxylic acid groups (broad SMARTS) is 1. The van der Waals surface area contributed by atoms with Gasteiger partial charge in [0, 0.05) is 34.3 Å². The normalized spacial score (nSPS) is 13.7. The third kappa shape index (κ3) is 10.7. The van der Waals surface area contributed by atoms with Gasteiger partial charge in [0.1, 0.15) is 16.8 Å². The van der Waals surface area contributed by atoms with Crippen molar-refractivity contribution in [2.24, 2.45) is 21.8 Å². The van der Waals surface area contributed by atoms with Gasteiger partial charge in [0.25, 0.3) is 0 Å². The van der Waals surface area contributed by atoms with Crippen LogP contribution in [0.25, 0.3) is 5.70 Å². The summed E-state index contributed by atoms with van der Waals surface area (Å²) in [7, 11) is -2.05. The summed E-state index contributed by atoms with van der Waals surface area (Å²) in [5.41, 5.74) is 6.88. The highest BCUT2D eigenvalue weighted by atomic mass is 32.2. The molecule has 1 saturated carbocycles. The fourth-order valence-corrected chi connectivity index (χ4v) is 4.76. The van der Waals surface area contributed by atoms with Gasteiger partial charge < -0.3 is 10.8 Å². The molecule has 0 aliphatic heterocycles. The molecule has 1 aliphatic carbocycles. The first kappa shape index (κ1) is 37.6. The zero-order valence-electron chi connectivity index (χ0n) is 25.0. The zero-order valence-corrected chi connectivity index (χ0v) is 26.6. The number of rotatable bonds is 9. The van der Waals surface area contributed by atoms with Crippen molar-refractivity contribution in [3.05, 3.63) is 81.4 Å². The molecule has 2 aromatic carbocycles. The smallest absolute Gasteiger partial charge is 0.355 e. The van der Waals surface area contributed by atoms with Crippen LogP contribution in [-0.2, 0) is 17.4 Å². The van der Waals surface area contributed by atoms with Gasteiger partial charge in [-0.2, -0.15) is 0 Å². The largest absolute Gasteiger partial charge is 0.476 e. The van der Waals surface area contributed by atoms with E-state index in [1.165, 1.54) is 17.5 Å². The molecule has 1 heterocycles. The minimum atomic E-state index is -2.05. The average molecular weight is 643 g/mol. The number of benzene rings is 2. The second kappa shape index (κ2) is 18.3. The van der Waals surface area contributed by atoms with Gasteiger partial charge in [0.15, 0.2) is 23.1 Å². The number of hydrogen-bond donors (Lipinski definition) is 3. The van der Waals surface area contributed by atoms with Crippen molar-refractivity contribution in [2.45, 2.75) is 72.1 Å². The van der Waals surface area contributed by atoms with Crippen molar-refractivity contribution in [3.63, 3.8) is 0 Å². The number of nitrogens with two attached hydrogens (primary N) is 2. The van der Waals surface area contributed by atoms with Crippen LogP contribution in [0.1, 0.15) is 82.4 Å². The Hall–Kier alpha value is -3.42. The topological polar surface area (TPSA) is 132 Å². The maximum Gasteiger partial charge on any atom is 0.355 e. The minimum Gasteiger partial charge on any atom is -0.476 e. The van der Waals surface area contributed by atoms with Gasteiger partial charge >= 0.3 is 5.97 Å². The molecule has 0 radical (unpaired) electrons. The second-order valence-corrected chi connectivity index (χ2v) is 10.3. The fourth-order valence-electron chi connectivity index (χ4n) is 3.62. The second-order valence-electron chi connectivity index (χ2n) is 8.41. The molecule has 236 valence electrons. The summed E-state index contributed by atoms with van der Waals surface area (Å²) in [4.78, 5) is 19.5. The standard InChI is InChI=1S/C24H20F4N4O3S2.3C2H6/c25-15-6-12(3-4-20(15)37(30)35)5-14(22(29)13-8-16(26)21(28)17(27)9-13)18(7-11-1-2-11)31-24-32-19(10-36-24)23(33)34;3*1-2/h3-4,6,8-11H,1-2,5,7,29-30H2,(H,33,34);3*1-2H3/b22-14-,31-18+;;;. The van der Waals surface area contributed by atoms with Crippen LogP contribution in [0.2, 0.25) is 0 Å². The summed E-state index contributed by atoms with van der Waals surface area (Å²) >= 11 is 0.979. The number of aromatic carboxylic acids is 1. The zero-order chi connectivity index (χ0) is 32.9. The number of aromatic nitrogens is 1. The Morgan fingerprint density at radius 3 is 2.07 bits per heavy atom. The Morgan fingerprint density at radius 1 is 1.02 bits per heavy atom. The van der Waals surface area contributed by atoms with Crippen LogP contribution < -0.4 is 10.9 Å². The van der Waals surface area contributed by atoms with Crippen molar-refractivity contribution in [1.29, 1.82) is 0 Å². The van der Waals surface area contributed by atoms with Crippen LogP contribution in [0.15, 0.2) is 51.2 Å². The summed E-state index contributed by atoms with van der Waals surface area (Å²) in [5.74, 6) is -6.35. The minimum absolute atomic E-state index is 0.0659. The number of allylic oxidation sites excluding steroid dienone is 1. The molecular weight excluding hydrogens is 604 g/mol. The monoisotopic (exact) mass is 642 g/mol. The molecule has 3 aromatic rings. The molecule has 7 nitrogen and oxygen atoms in total. The van der Waals surface area contributed by atoms with Gasteiger partial charge in [-0.25, -0.2) is 41.7 Å². The number of thiazole rings is 1. The maximum atomic E-state index is 14.5. The molecule has 1 unspecified atom stereocenters. The third-order valence-electron chi connectivity index (χ3n) is 5.68. The SMILES string of the molecule is CC.CC.CC.N/C(=C(Cc1ccc(S(N)=O)c(F)c1)\C(CC1CC1)=N\c1nc(C(=O)O)cs1)c1cc(F)c(F)c(F)c1. The van der Waals surface area contributed by atoms with Crippen LogP contribution in [0.3, 0.4) is 0 Å². The number of carboxylic acids is 1. The van der Waals surface area contributed by atoms with E-state index in [1.54, 1.807) is 0 Å². The van der Waals surface area contributed by atoms with Crippen molar-refractivity contribution in [1.82, 2.24) is 4.98 Å². The lowest BCUT2D eigenvalue weighted by Crippen LogP contribution is -2.15. The van der Waals surface area contributed by atoms with E-state index in [-0.39, 0.29) is 44.9 Å². The summed E-state index contributed by atoms with van der Waals surface area (Å²) < 4.78 is 67.7. The van der Waals surface area contributed by atoms with Gasteiger partial charge in [-0.1, -0.05) is 47.6 Å². The molecule has 1 aliphatic rings. The van der Waals surface area contributed by atoms with Crippen LogP contribution >= 0.6 is 11.3 Å². The fraction of sp³-hybridized carbons (Fsp3) is 0.367. The Bertz CT molecular complexity index is 1450. The highest BCUT2D eigenvalue weighted by Gasteiger charge is 2.27. The molecule has 4 rings (SSSR count). The molecule has 0 bridgehead atoms. The lowest BCUT2D eigenvalue weighted by Gasteiger charge is -2.16. The molecule has 1 atom stereocenters. The Labute approximate surface area is 256 Å². The maximum absolute atomic E-state index is 14.5. The van der Waals surface area contributed by atoms with Gasteiger partial charge in [0.2, 0.25) is 5.13 Å². The first-order valence-corrected chi connectivity index (χ1v) is 16.0. The van der Waals surface area contributed by atoms with Gasteiger partial charge in [-0.05, 0) is 55.0 Å².